The molecule has 4 N–H and O–H groups in total. The highest BCUT2D eigenvalue weighted by atomic mass is 16.3. The van der Waals surface area contributed by atoms with Gasteiger partial charge in [-0.2, -0.15) is 0 Å². The van der Waals surface area contributed by atoms with Crippen molar-refractivity contribution in [1.82, 2.24) is 5.32 Å². The Kier molecular flexibility index (Phi) is 48.0. The summed E-state index contributed by atoms with van der Waals surface area (Å²) in [6.45, 7) is 4.21. The van der Waals surface area contributed by atoms with Crippen LogP contribution in [0.4, 0.5) is 0 Å². The third kappa shape index (κ3) is 43.2. The van der Waals surface area contributed by atoms with Crippen molar-refractivity contribution in [1.29, 1.82) is 0 Å². The van der Waals surface area contributed by atoms with E-state index in [2.05, 4.69) is 31.3 Å². The number of allylic oxidation sites excluding steroid dienone is 2. The second-order valence-electron chi connectivity index (χ2n) is 18.4. The normalized spacial score (nSPS) is 13.4. The molecule has 3 atom stereocenters. The zero-order chi connectivity index (χ0) is 42.3. The molecule has 5 nitrogen and oxygen atoms in total. The number of rotatable bonds is 49. The molecular formula is C53H105NO4. The van der Waals surface area contributed by atoms with E-state index in [9.17, 15) is 20.1 Å². The van der Waals surface area contributed by atoms with Gasteiger partial charge in [-0.3, -0.25) is 4.79 Å². The van der Waals surface area contributed by atoms with Crippen molar-refractivity contribution in [2.24, 2.45) is 0 Å². The van der Waals surface area contributed by atoms with Crippen LogP contribution in [0.3, 0.4) is 0 Å². The van der Waals surface area contributed by atoms with Gasteiger partial charge in [0.15, 0.2) is 0 Å². The largest absolute Gasteiger partial charge is 0.394 e. The first kappa shape index (κ1) is 57.1. The number of carbonyl (C=O) groups excluding carboxylic acids is 1. The number of nitrogens with one attached hydrogen (secondary N) is 1. The van der Waals surface area contributed by atoms with Crippen LogP contribution in [0.1, 0.15) is 296 Å². The molecule has 0 bridgehead atoms. The van der Waals surface area contributed by atoms with Crippen LogP contribution in [-0.2, 0) is 4.79 Å². The van der Waals surface area contributed by atoms with Crippen LogP contribution in [0.25, 0.3) is 0 Å². The summed E-state index contributed by atoms with van der Waals surface area (Å²) in [5.41, 5.74) is 0. The molecule has 0 aromatic heterocycles. The molecule has 0 saturated carbocycles. The average molecular weight is 820 g/mol. The molecule has 0 rings (SSSR count). The minimum Gasteiger partial charge on any atom is -0.394 e. The number of carbonyl (C=O) groups is 1. The van der Waals surface area contributed by atoms with Crippen LogP contribution in [0, 0.1) is 0 Å². The first-order chi connectivity index (χ1) is 28.6. The molecule has 0 aliphatic rings. The highest BCUT2D eigenvalue weighted by Crippen LogP contribution is 2.18. The Morgan fingerprint density at radius 2 is 0.690 bits per heavy atom. The van der Waals surface area contributed by atoms with Gasteiger partial charge in [-0.05, 0) is 38.5 Å². The predicted molar refractivity (Wildman–Crippen MR) is 255 cm³/mol. The van der Waals surface area contributed by atoms with E-state index in [0.717, 1.165) is 32.1 Å². The Bertz CT molecular complexity index is 818. The highest BCUT2D eigenvalue weighted by Gasteiger charge is 2.26. The Morgan fingerprint density at radius 3 is 1.00 bits per heavy atom. The van der Waals surface area contributed by atoms with Crippen molar-refractivity contribution < 1.29 is 20.1 Å². The molecule has 0 saturated heterocycles. The van der Waals surface area contributed by atoms with Crippen LogP contribution in [0.5, 0.6) is 0 Å². The molecule has 0 aromatic rings. The molecule has 0 fully saturated rings. The SMILES string of the molecule is CCCCCCCCCCCCCC/C=C\CCCCCCCCCCCCCC(=O)NC(CO)C(O)C(O)CCCCCCCCCCCCCCCCCCC. The summed E-state index contributed by atoms with van der Waals surface area (Å²) in [5, 5.41) is 33.7. The van der Waals surface area contributed by atoms with Gasteiger partial charge in [0.1, 0.15) is 6.10 Å². The van der Waals surface area contributed by atoms with Crippen molar-refractivity contribution in [2.45, 2.75) is 315 Å². The van der Waals surface area contributed by atoms with Gasteiger partial charge in [-0.1, -0.05) is 264 Å². The van der Waals surface area contributed by atoms with Crippen LogP contribution >= 0.6 is 0 Å². The van der Waals surface area contributed by atoms with Gasteiger partial charge >= 0.3 is 0 Å². The minimum absolute atomic E-state index is 0.141. The fourth-order valence-corrected chi connectivity index (χ4v) is 8.51. The number of aliphatic hydroxyl groups is 3. The van der Waals surface area contributed by atoms with Gasteiger partial charge in [0, 0.05) is 6.42 Å². The van der Waals surface area contributed by atoms with Gasteiger partial charge < -0.3 is 20.6 Å². The van der Waals surface area contributed by atoms with E-state index in [-0.39, 0.29) is 12.5 Å². The standard InChI is InChI=1S/C53H105NO4/c1-3-5-7-9-11-13-15-17-19-21-22-23-24-25-26-27-28-29-30-32-34-36-38-40-42-44-46-48-52(57)54-50(49-55)53(58)51(56)47-45-43-41-39-37-35-33-31-20-18-16-14-12-10-8-6-4-2/h25-26,50-51,53,55-56,58H,3-24,27-49H2,1-2H3,(H,54,57)/b26-25-. The second-order valence-corrected chi connectivity index (χ2v) is 18.4. The summed E-state index contributed by atoms with van der Waals surface area (Å²) in [6, 6.07) is -0.807. The molecule has 0 radical (unpaired) electrons. The van der Waals surface area contributed by atoms with Crippen molar-refractivity contribution in [3.8, 4) is 0 Å². The van der Waals surface area contributed by atoms with Gasteiger partial charge in [-0.25, -0.2) is 0 Å². The smallest absolute Gasteiger partial charge is 0.220 e. The first-order valence-electron chi connectivity index (χ1n) is 26.5. The van der Waals surface area contributed by atoms with E-state index in [0.29, 0.717) is 12.8 Å². The Hall–Kier alpha value is -0.910. The second kappa shape index (κ2) is 48.8. The van der Waals surface area contributed by atoms with Crippen molar-refractivity contribution in [2.75, 3.05) is 6.61 Å². The third-order valence-electron chi connectivity index (χ3n) is 12.6. The van der Waals surface area contributed by atoms with E-state index in [4.69, 9.17) is 0 Å². The lowest BCUT2D eigenvalue weighted by atomic mass is 9.99. The molecule has 0 aliphatic carbocycles. The van der Waals surface area contributed by atoms with Gasteiger partial charge in [-0.15, -0.1) is 0 Å². The average Bonchev–Trinajstić information content (AvgIpc) is 3.23. The summed E-state index contributed by atoms with van der Waals surface area (Å²) < 4.78 is 0. The van der Waals surface area contributed by atoms with E-state index < -0.39 is 18.2 Å². The van der Waals surface area contributed by atoms with Gasteiger partial charge in [0.25, 0.3) is 0 Å². The zero-order valence-corrected chi connectivity index (χ0v) is 39.5. The summed E-state index contributed by atoms with van der Waals surface area (Å²) in [7, 11) is 0. The lowest BCUT2D eigenvalue weighted by Crippen LogP contribution is -2.50. The monoisotopic (exact) mass is 820 g/mol. The fraction of sp³-hybridized carbons (Fsp3) is 0.943. The van der Waals surface area contributed by atoms with Crippen LogP contribution in [0.2, 0.25) is 0 Å². The van der Waals surface area contributed by atoms with Crippen LogP contribution in [0.15, 0.2) is 12.2 Å². The van der Waals surface area contributed by atoms with Crippen molar-refractivity contribution in [3.05, 3.63) is 12.2 Å². The van der Waals surface area contributed by atoms with Crippen LogP contribution < -0.4 is 5.32 Å². The van der Waals surface area contributed by atoms with E-state index in [1.165, 1.54) is 238 Å². The maximum atomic E-state index is 12.5. The minimum atomic E-state index is -1.13. The molecule has 0 aliphatic heterocycles. The molecular weight excluding hydrogens is 715 g/mol. The van der Waals surface area contributed by atoms with E-state index in [1.807, 2.05) is 0 Å². The molecule has 1 amide bonds. The topological polar surface area (TPSA) is 89.8 Å². The van der Waals surface area contributed by atoms with Crippen molar-refractivity contribution >= 4 is 5.91 Å². The summed E-state index contributed by atoms with van der Waals surface area (Å²) in [5.74, 6) is -0.141. The fourth-order valence-electron chi connectivity index (χ4n) is 8.51. The van der Waals surface area contributed by atoms with Gasteiger partial charge in [0.2, 0.25) is 5.91 Å². The maximum absolute atomic E-state index is 12.5. The van der Waals surface area contributed by atoms with Crippen molar-refractivity contribution in [3.63, 3.8) is 0 Å². The number of unbranched alkanes of at least 4 members (excludes halogenated alkanes) is 39. The summed E-state index contributed by atoms with van der Waals surface area (Å²) >= 11 is 0. The quantitative estimate of drug-likeness (QED) is 0.0364. The van der Waals surface area contributed by atoms with Crippen LogP contribution in [-0.4, -0.2) is 46.1 Å². The first-order valence-corrected chi connectivity index (χ1v) is 26.5. The zero-order valence-electron chi connectivity index (χ0n) is 39.5. The molecule has 5 heteroatoms. The Balaban J connectivity index is 3.52. The molecule has 0 heterocycles. The predicted octanol–water partition coefficient (Wildman–Crippen LogP) is 15.9. The molecule has 0 spiro atoms. The van der Waals surface area contributed by atoms with E-state index in [1.54, 1.807) is 0 Å². The van der Waals surface area contributed by atoms with Gasteiger partial charge in [0.05, 0.1) is 18.8 Å². The lowest BCUT2D eigenvalue weighted by Gasteiger charge is -2.26. The lowest BCUT2D eigenvalue weighted by molar-refractivity contribution is -0.124. The Morgan fingerprint density at radius 1 is 0.414 bits per heavy atom. The highest BCUT2D eigenvalue weighted by molar-refractivity contribution is 5.76. The third-order valence-corrected chi connectivity index (χ3v) is 12.6. The molecule has 346 valence electrons. The van der Waals surface area contributed by atoms with E-state index >= 15 is 0 Å². The summed E-state index contributed by atoms with van der Waals surface area (Å²) in [4.78, 5) is 12.5. The number of aliphatic hydroxyl groups excluding tert-OH is 3. The number of hydrogen-bond acceptors (Lipinski definition) is 4. The summed E-state index contributed by atoms with van der Waals surface area (Å²) in [6.07, 6.45) is 59.2. The maximum Gasteiger partial charge on any atom is 0.220 e. The molecule has 58 heavy (non-hydrogen) atoms. The Labute approximate surface area is 363 Å². The number of amides is 1. The molecule has 3 unspecified atom stereocenters. The molecule has 0 aromatic carbocycles. The number of hydrogen-bond donors (Lipinski definition) is 4.